The van der Waals surface area contributed by atoms with Gasteiger partial charge in [0.1, 0.15) is 6.04 Å². The molecule has 1 aromatic rings. The number of likely N-dealkylation sites (tertiary alicyclic amines) is 1. The molecule has 1 spiro atoms. The van der Waals surface area contributed by atoms with Crippen molar-refractivity contribution in [2.75, 3.05) is 25.0 Å². The third-order valence-corrected chi connectivity index (χ3v) is 9.69. The van der Waals surface area contributed by atoms with E-state index in [0.717, 1.165) is 31.2 Å². The van der Waals surface area contributed by atoms with Crippen LogP contribution in [-0.4, -0.2) is 63.5 Å². The van der Waals surface area contributed by atoms with E-state index in [1.54, 1.807) is 22.7 Å². The number of hydrogen-bond donors (Lipinski definition) is 3. The highest BCUT2D eigenvalue weighted by Crippen LogP contribution is 2.66. The van der Waals surface area contributed by atoms with Crippen LogP contribution >= 0.6 is 23.4 Å². The predicted octanol–water partition coefficient (Wildman–Crippen LogP) is 3.37. The average Bonchev–Trinajstić information content (AvgIpc) is 3.45. The van der Waals surface area contributed by atoms with Crippen molar-refractivity contribution in [3.8, 4) is 0 Å². The van der Waals surface area contributed by atoms with E-state index in [4.69, 9.17) is 16.7 Å². The molecule has 0 radical (unpaired) electrons. The van der Waals surface area contributed by atoms with Crippen LogP contribution in [0.1, 0.15) is 51.0 Å². The molecule has 5 atom stereocenters. The van der Waals surface area contributed by atoms with Gasteiger partial charge in [-0.25, -0.2) is 0 Å². The Bertz CT molecular complexity index is 940. The van der Waals surface area contributed by atoms with Crippen LogP contribution < -0.4 is 10.6 Å². The molecule has 34 heavy (non-hydrogen) atoms. The number of rotatable bonds is 10. The smallest absolute Gasteiger partial charge is 0.248 e. The average molecular weight is 508 g/mol. The summed E-state index contributed by atoms with van der Waals surface area (Å²) in [5.41, 5.74) is 1.42. The lowest BCUT2D eigenvalue weighted by molar-refractivity contribution is -0.139. The summed E-state index contributed by atoms with van der Waals surface area (Å²) >= 11 is 8.06. The van der Waals surface area contributed by atoms with Gasteiger partial charge in [-0.05, 0) is 57.1 Å². The molecule has 3 saturated heterocycles. The van der Waals surface area contributed by atoms with Gasteiger partial charge in [-0.1, -0.05) is 30.7 Å². The van der Waals surface area contributed by atoms with E-state index in [2.05, 4.69) is 10.6 Å². The van der Waals surface area contributed by atoms with Crippen molar-refractivity contribution in [3.63, 3.8) is 0 Å². The number of fused-ring (bicyclic) bond motifs is 1. The number of hydrogen-bond acceptors (Lipinski definition) is 5. The highest BCUT2D eigenvalue weighted by atomic mass is 35.5. The molecule has 2 unspecified atom stereocenters. The minimum atomic E-state index is -0.659. The Morgan fingerprint density at radius 1 is 1.26 bits per heavy atom. The van der Waals surface area contributed by atoms with Gasteiger partial charge in [-0.2, -0.15) is 0 Å². The normalized spacial score (nSPS) is 29.4. The molecule has 3 aliphatic heterocycles. The SMILES string of the molecule is CCCNC(=O)[C@@H]1[C@@H]2CCC3(S2)C(C(=O)Nc2c(C)cccc2Cl)N(CCCCCO)C(=O)[C@H]13. The molecule has 9 heteroatoms. The standard InChI is InChI=1S/C25H34ClN3O4S/c1-3-12-27-22(31)18-17-10-11-25(34-17)19(18)24(33)29(13-5-4-6-14-30)21(25)23(32)28-20-15(2)8-7-9-16(20)26/h7-9,17-19,21,30H,3-6,10-14H2,1-2H3,(H,27,31)(H,28,32)/t17-,18+,19-,21?,25?/m0/s1. The highest BCUT2D eigenvalue weighted by molar-refractivity contribution is 8.02. The zero-order valence-corrected chi connectivity index (χ0v) is 21.4. The molecular weight excluding hydrogens is 474 g/mol. The minimum Gasteiger partial charge on any atom is -0.396 e. The second-order valence-corrected chi connectivity index (χ2v) is 11.6. The molecule has 2 bridgehead atoms. The maximum absolute atomic E-state index is 13.8. The number of thioether (sulfide) groups is 1. The Balaban J connectivity index is 1.65. The second-order valence-electron chi connectivity index (χ2n) is 9.58. The number of aliphatic hydroxyl groups excluding tert-OH is 1. The van der Waals surface area contributed by atoms with Crippen LogP contribution in [-0.2, 0) is 14.4 Å². The number of amides is 3. The van der Waals surface area contributed by atoms with Crippen molar-refractivity contribution in [1.82, 2.24) is 10.2 Å². The quantitative estimate of drug-likeness (QED) is 0.422. The van der Waals surface area contributed by atoms with Crippen molar-refractivity contribution in [2.45, 2.75) is 68.4 Å². The number of aryl methyl sites for hydroxylation is 1. The zero-order chi connectivity index (χ0) is 24.5. The Kier molecular flexibility index (Phi) is 7.79. The Labute approximate surface area is 210 Å². The number of nitrogens with one attached hydrogen (secondary N) is 2. The Hall–Kier alpha value is -1.77. The van der Waals surface area contributed by atoms with Gasteiger partial charge >= 0.3 is 0 Å². The van der Waals surface area contributed by atoms with Crippen molar-refractivity contribution < 1.29 is 19.5 Å². The molecule has 1 aromatic carbocycles. The summed E-state index contributed by atoms with van der Waals surface area (Å²) in [5, 5.41) is 15.7. The number of benzene rings is 1. The molecule has 0 aromatic heterocycles. The van der Waals surface area contributed by atoms with Crippen molar-refractivity contribution in [3.05, 3.63) is 28.8 Å². The monoisotopic (exact) mass is 507 g/mol. The number of anilines is 1. The Morgan fingerprint density at radius 2 is 2.06 bits per heavy atom. The van der Waals surface area contributed by atoms with E-state index < -0.39 is 22.6 Å². The summed E-state index contributed by atoms with van der Waals surface area (Å²) in [5.74, 6) is -1.29. The van der Waals surface area contributed by atoms with E-state index >= 15 is 0 Å². The lowest BCUT2D eigenvalue weighted by Crippen LogP contribution is -2.52. The van der Waals surface area contributed by atoms with Gasteiger partial charge in [-0.3, -0.25) is 14.4 Å². The van der Waals surface area contributed by atoms with Gasteiger partial charge in [0, 0.05) is 24.9 Å². The molecule has 0 saturated carbocycles. The third-order valence-electron chi connectivity index (χ3n) is 7.43. The minimum absolute atomic E-state index is 0.0553. The van der Waals surface area contributed by atoms with Crippen molar-refractivity contribution in [2.24, 2.45) is 11.8 Å². The first-order chi connectivity index (χ1) is 16.4. The molecule has 3 amide bonds. The lowest BCUT2D eigenvalue weighted by atomic mass is 9.70. The molecule has 3 heterocycles. The zero-order valence-electron chi connectivity index (χ0n) is 19.8. The molecule has 186 valence electrons. The maximum Gasteiger partial charge on any atom is 0.248 e. The molecule has 3 aliphatic rings. The third kappa shape index (κ3) is 4.33. The number of unbranched alkanes of at least 4 members (excludes halogenated alkanes) is 2. The van der Waals surface area contributed by atoms with Gasteiger partial charge in [-0.15, -0.1) is 11.8 Å². The summed E-state index contributed by atoms with van der Waals surface area (Å²) in [6.45, 7) is 5.02. The molecule has 3 N–H and O–H groups in total. The highest BCUT2D eigenvalue weighted by Gasteiger charge is 2.73. The summed E-state index contributed by atoms with van der Waals surface area (Å²) in [6, 6.07) is 4.80. The number of para-hydroxylation sites is 1. The summed E-state index contributed by atoms with van der Waals surface area (Å²) < 4.78 is -0.605. The van der Waals surface area contributed by atoms with Crippen LogP contribution in [0.25, 0.3) is 0 Å². The predicted molar refractivity (Wildman–Crippen MR) is 135 cm³/mol. The second kappa shape index (κ2) is 10.5. The topological polar surface area (TPSA) is 98.7 Å². The first kappa shape index (κ1) is 25.3. The van der Waals surface area contributed by atoms with Crippen LogP contribution in [0.15, 0.2) is 18.2 Å². The van der Waals surface area contributed by atoms with Crippen molar-refractivity contribution in [1.29, 1.82) is 0 Å². The summed E-state index contributed by atoms with van der Waals surface area (Å²) in [4.78, 5) is 42.4. The van der Waals surface area contributed by atoms with Crippen LogP contribution in [0.3, 0.4) is 0 Å². The summed E-state index contributed by atoms with van der Waals surface area (Å²) in [7, 11) is 0. The van der Waals surface area contributed by atoms with Gasteiger partial charge < -0.3 is 20.6 Å². The van der Waals surface area contributed by atoms with E-state index in [9.17, 15) is 14.4 Å². The van der Waals surface area contributed by atoms with E-state index in [-0.39, 0.29) is 29.6 Å². The molecular formula is C25H34ClN3O4S. The van der Waals surface area contributed by atoms with Gasteiger partial charge in [0.05, 0.1) is 27.3 Å². The molecule has 4 rings (SSSR count). The van der Waals surface area contributed by atoms with Crippen LogP contribution in [0.2, 0.25) is 5.02 Å². The first-order valence-corrected chi connectivity index (χ1v) is 13.5. The summed E-state index contributed by atoms with van der Waals surface area (Å²) in [6.07, 6.45) is 4.52. The van der Waals surface area contributed by atoms with Crippen LogP contribution in [0.5, 0.6) is 0 Å². The number of nitrogens with zero attached hydrogens (tertiary/aromatic N) is 1. The largest absolute Gasteiger partial charge is 0.396 e. The fraction of sp³-hybridized carbons (Fsp3) is 0.640. The number of carbonyl (C=O) groups excluding carboxylic acids is 3. The Morgan fingerprint density at radius 3 is 2.76 bits per heavy atom. The van der Waals surface area contributed by atoms with Crippen LogP contribution in [0.4, 0.5) is 5.69 Å². The van der Waals surface area contributed by atoms with Crippen LogP contribution in [0, 0.1) is 18.8 Å². The van der Waals surface area contributed by atoms with Gasteiger partial charge in [0.25, 0.3) is 0 Å². The van der Waals surface area contributed by atoms with Crippen molar-refractivity contribution >= 4 is 46.8 Å². The van der Waals surface area contributed by atoms with E-state index in [1.165, 1.54) is 0 Å². The van der Waals surface area contributed by atoms with Gasteiger partial charge in [0.15, 0.2) is 0 Å². The fourth-order valence-corrected chi connectivity index (χ4v) is 8.40. The number of halogens is 1. The first-order valence-electron chi connectivity index (χ1n) is 12.3. The van der Waals surface area contributed by atoms with E-state index in [0.29, 0.717) is 36.6 Å². The number of carbonyl (C=O) groups is 3. The molecule has 7 nitrogen and oxygen atoms in total. The van der Waals surface area contributed by atoms with Gasteiger partial charge in [0.2, 0.25) is 17.7 Å². The van der Waals surface area contributed by atoms with E-state index in [1.807, 2.05) is 26.0 Å². The fourth-order valence-electron chi connectivity index (χ4n) is 5.91. The molecule has 0 aliphatic carbocycles. The molecule has 3 fully saturated rings. The lowest BCUT2D eigenvalue weighted by Gasteiger charge is -2.34. The number of aliphatic hydroxyl groups is 1. The maximum atomic E-state index is 13.8.